The number of phenolic OH excluding ortho intramolecular Hbond substituents is 2. The summed E-state index contributed by atoms with van der Waals surface area (Å²) < 4.78 is 0. The second-order valence-electron chi connectivity index (χ2n) is 3.08. The van der Waals surface area contributed by atoms with Gasteiger partial charge < -0.3 is 20.4 Å². The van der Waals surface area contributed by atoms with Crippen molar-refractivity contribution in [1.82, 2.24) is 0 Å². The molecule has 0 heterocycles. The van der Waals surface area contributed by atoms with Gasteiger partial charge in [0.05, 0.1) is 0 Å². The molecule has 1 atom stereocenters. The highest BCUT2D eigenvalue weighted by molar-refractivity contribution is 5.79. The van der Waals surface area contributed by atoms with E-state index in [4.69, 9.17) is 10.2 Å². The van der Waals surface area contributed by atoms with Crippen molar-refractivity contribution in [2.24, 2.45) is 0 Å². The predicted molar refractivity (Wildman–Crippen MR) is 47.0 cm³/mol. The Hall–Kier alpha value is -1.75. The fourth-order valence-corrected chi connectivity index (χ4v) is 1.05. The molecule has 0 spiro atoms. The Kier molecular flexibility index (Phi) is 2.35. The summed E-state index contributed by atoms with van der Waals surface area (Å²) in [6.07, 6.45) is 0. The third-order valence-corrected chi connectivity index (χ3v) is 1.92. The van der Waals surface area contributed by atoms with Crippen LogP contribution in [0.3, 0.4) is 0 Å². The second-order valence-corrected chi connectivity index (χ2v) is 3.08. The van der Waals surface area contributed by atoms with Crippen LogP contribution in [0.2, 0.25) is 0 Å². The van der Waals surface area contributed by atoms with Gasteiger partial charge in [-0.25, -0.2) is 4.79 Å². The number of hydrogen-bond donors (Lipinski definition) is 4. The first-order valence-corrected chi connectivity index (χ1v) is 3.84. The Morgan fingerprint density at radius 1 is 1.36 bits per heavy atom. The largest absolute Gasteiger partial charge is 0.508 e. The normalized spacial score (nSPS) is 14.7. The van der Waals surface area contributed by atoms with Gasteiger partial charge in [0.1, 0.15) is 11.5 Å². The minimum Gasteiger partial charge on any atom is -0.508 e. The lowest BCUT2D eigenvalue weighted by Gasteiger charge is -2.19. The Bertz CT molecular complexity index is 369. The molecule has 5 nitrogen and oxygen atoms in total. The van der Waals surface area contributed by atoms with E-state index in [1.807, 2.05) is 0 Å². The fraction of sp³-hybridized carbons (Fsp3) is 0.222. The Labute approximate surface area is 79.9 Å². The highest BCUT2D eigenvalue weighted by Crippen LogP contribution is 2.31. The van der Waals surface area contributed by atoms with Gasteiger partial charge in [0.15, 0.2) is 5.60 Å². The minimum absolute atomic E-state index is 0.164. The molecule has 1 aromatic rings. The van der Waals surface area contributed by atoms with Crippen molar-refractivity contribution in [3.8, 4) is 11.5 Å². The third-order valence-electron chi connectivity index (χ3n) is 1.92. The van der Waals surface area contributed by atoms with Gasteiger partial charge in [-0.1, -0.05) is 0 Å². The van der Waals surface area contributed by atoms with E-state index in [0.29, 0.717) is 0 Å². The zero-order valence-corrected chi connectivity index (χ0v) is 7.43. The number of rotatable bonds is 2. The highest BCUT2D eigenvalue weighted by Gasteiger charge is 2.34. The molecular formula is C9H10O5. The molecule has 76 valence electrons. The van der Waals surface area contributed by atoms with Crippen LogP contribution in [0, 0.1) is 0 Å². The summed E-state index contributed by atoms with van der Waals surface area (Å²) in [5.41, 5.74) is -2.33. The summed E-state index contributed by atoms with van der Waals surface area (Å²) in [4.78, 5) is 10.6. The summed E-state index contributed by atoms with van der Waals surface area (Å²) in [7, 11) is 0. The van der Waals surface area contributed by atoms with Crippen LogP contribution in [-0.4, -0.2) is 26.4 Å². The Morgan fingerprint density at radius 3 is 2.36 bits per heavy atom. The van der Waals surface area contributed by atoms with Gasteiger partial charge in [0.2, 0.25) is 0 Å². The molecule has 0 unspecified atom stereocenters. The standard InChI is InChI=1S/C9H10O5/c1-9(14,8(12)13)6-3-2-5(10)4-7(6)11/h2-4,10-11,14H,1H3,(H,12,13)/t9-/m1/s1. The van der Waals surface area contributed by atoms with Crippen molar-refractivity contribution in [2.45, 2.75) is 12.5 Å². The summed E-state index contributed by atoms with van der Waals surface area (Å²) in [6, 6.07) is 3.30. The first kappa shape index (κ1) is 10.3. The summed E-state index contributed by atoms with van der Waals surface area (Å²) in [6.45, 7) is 1.04. The van der Waals surface area contributed by atoms with Gasteiger partial charge in [0, 0.05) is 11.6 Å². The number of phenols is 2. The second kappa shape index (κ2) is 3.19. The number of benzene rings is 1. The lowest BCUT2D eigenvalue weighted by Crippen LogP contribution is -2.31. The van der Waals surface area contributed by atoms with Crippen molar-refractivity contribution in [2.75, 3.05) is 0 Å². The van der Waals surface area contributed by atoms with Crippen molar-refractivity contribution in [3.63, 3.8) is 0 Å². The van der Waals surface area contributed by atoms with Crippen LogP contribution in [0.25, 0.3) is 0 Å². The van der Waals surface area contributed by atoms with Crippen LogP contribution in [-0.2, 0) is 10.4 Å². The molecule has 14 heavy (non-hydrogen) atoms. The monoisotopic (exact) mass is 198 g/mol. The maximum Gasteiger partial charge on any atom is 0.340 e. The molecule has 0 saturated heterocycles. The van der Waals surface area contributed by atoms with Crippen LogP contribution >= 0.6 is 0 Å². The summed E-state index contributed by atoms with van der Waals surface area (Å²) in [5.74, 6) is -2.14. The minimum atomic E-state index is -2.17. The zero-order chi connectivity index (χ0) is 10.9. The van der Waals surface area contributed by atoms with E-state index in [2.05, 4.69) is 0 Å². The maximum atomic E-state index is 10.6. The van der Waals surface area contributed by atoms with Crippen LogP contribution in [0.15, 0.2) is 18.2 Å². The fourth-order valence-electron chi connectivity index (χ4n) is 1.05. The SMILES string of the molecule is C[C@](O)(C(=O)O)c1ccc(O)cc1O. The Balaban J connectivity index is 3.26. The number of carboxylic acid groups (broad SMARTS) is 1. The molecule has 0 saturated carbocycles. The van der Waals surface area contributed by atoms with Crippen molar-refractivity contribution >= 4 is 5.97 Å². The van der Waals surface area contributed by atoms with E-state index in [1.54, 1.807) is 0 Å². The van der Waals surface area contributed by atoms with Gasteiger partial charge in [0.25, 0.3) is 0 Å². The number of aliphatic carboxylic acids is 1. The average Bonchev–Trinajstić information content (AvgIpc) is 2.02. The maximum absolute atomic E-state index is 10.6. The summed E-state index contributed by atoms with van der Waals surface area (Å²) in [5, 5.41) is 36.4. The molecule has 0 aromatic heterocycles. The zero-order valence-electron chi connectivity index (χ0n) is 7.43. The number of aliphatic hydroxyl groups is 1. The van der Waals surface area contributed by atoms with Crippen molar-refractivity contribution in [1.29, 1.82) is 0 Å². The molecule has 1 rings (SSSR count). The third kappa shape index (κ3) is 1.62. The molecule has 0 fully saturated rings. The van der Waals surface area contributed by atoms with Gasteiger partial charge in [-0.3, -0.25) is 0 Å². The molecule has 0 radical (unpaired) electrons. The highest BCUT2D eigenvalue weighted by atomic mass is 16.4. The Morgan fingerprint density at radius 2 is 1.93 bits per heavy atom. The van der Waals surface area contributed by atoms with E-state index in [0.717, 1.165) is 19.1 Å². The molecular weight excluding hydrogens is 188 g/mol. The van der Waals surface area contributed by atoms with E-state index < -0.39 is 17.3 Å². The molecule has 5 heteroatoms. The molecule has 1 aromatic carbocycles. The van der Waals surface area contributed by atoms with E-state index >= 15 is 0 Å². The molecule has 0 amide bonds. The predicted octanol–water partition coefficient (Wildman–Crippen LogP) is 0.390. The van der Waals surface area contributed by atoms with Crippen molar-refractivity contribution < 1.29 is 25.2 Å². The van der Waals surface area contributed by atoms with Gasteiger partial charge >= 0.3 is 5.97 Å². The van der Waals surface area contributed by atoms with Crippen LogP contribution in [0.5, 0.6) is 11.5 Å². The van der Waals surface area contributed by atoms with Crippen LogP contribution in [0.4, 0.5) is 0 Å². The van der Waals surface area contributed by atoms with E-state index in [-0.39, 0.29) is 11.3 Å². The molecule has 0 bridgehead atoms. The number of aromatic hydroxyl groups is 2. The lowest BCUT2D eigenvalue weighted by molar-refractivity contribution is -0.157. The number of carboxylic acids is 1. The first-order valence-electron chi connectivity index (χ1n) is 3.84. The quantitative estimate of drug-likeness (QED) is 0.551. The molecule has 4 N–H and O–H groups in total. The van der Waals surface area contributed by atoms with Gasteiger partial charge in [-0.2, -0.15) is 0 Å². The van der Waals surface area contributed by atoms with Crippen LogP contribution < -0.4 is 0 Å². The number of hydrogen-bond acceptors (Lipinski definition) is 4. The lowest BCUT2D eigenvalue weighted by atomic mass is 9.95. The van der Waals surface area contributed by atoms with E-state index in [1.165, 1.54) is 6.07 Å². The van der Waals surface area contributed by atoms with Crippen molar-refractivity contribution in [3.05, 3.63) is 23.8 Å². The summed E-state index contributed by atoms with van der Waals surface area (Å²) >= 11 is 0. The first-order chi connectivity index (χ1) is 6.35. The molecule has 0 aliphatic carbocycles. The van der Waals surface area contributed by atoms with Crippen LogP contribution in [0.1, 0.15) is 12.5 Å². The van der Waals surface area contributed by atoms with E-state index in [9.17, 15) is 15.0 Å². The van der Waals surface area contributed by atoms with Gasteiger partial charge in [-0.15, -0.1) is 0 Å². The molecule has 0 aliphatic heterocycles. The van der Waals surface area contributed by atoms with Gasteiger partial charge in [-0.05, 0) is 19.1 Å². The number of carbonyl (C=O) groups is 1. The average molecular weight is 198 g/mol. The molecule has 0 aliphatic rings. The topological polar surface area (TPSA) is 98.0 Å². The smallest absolute Gasteiger partial charge is 0.340 e.